The van der Waals surface area contributed by atoms with E-state index in [2.05, 4.69) is 0 Å². The molecule has 0 saturated heterocycles. The Kier molecular flexibility index (Phi) is 6.33. The highest BCUT2D eigenvalue weighted by Crippen LogP contribution is 2.37. The summed E-state index contributed by atoms with van der Waals surface area (Å²) in [6.07, 6.45) is 0. The Hall–Kier alpha value is -3.83. The number of benzene rings is 3. The molecule has 6 heteroatoms. The second-order valence-corrected chi connectivity index (χ2v) is 7.85. The molecule has 1 unspecified atom stereocenters. The molecule has 0 aliphatic heterocycles. The van der Waals surface area contributed by atoms with Gasteiger partial charge in [-0.15, -0.1) is 0 Å². The number of fused-ring (bicyclic) bond motifs is 1. The fourth-order valence-electron chi connectivity index (χ4n) is 3.92. The van der Waals surface area contributed by atoms with Crippen molar-refractivity contribution in [3.05, 3.63) is 112 Å². The molecule has 4 rings (SSSR count). The molecule has 0 N–H and O–H groups in total. The predicted octanol–water partition coefficient (Wildman–Crippen LogP) is 5.24. The third-order valence-electron chi connectivity index (χ3n) is 5.42. The zero-order valence-corrected chi connectivity index (χ0v) is 18.5. The average molecular weight is 459 g/mol. The standard InChI is InChI=1S/C27H19ClO5/c1-2-33-27(32)23(24(29)17-12-14-18(28)15-13-17)22-21(16-8-4-3-5-9-16)25(30)19-10-6-7-11-20(19)26(22)31/h3-15,23H,2H2,1H3. The van der Waals surface area contributed by atoms with Crippen LogP contribution in [0.25, 0.3) is 5.57 Å². The highest BCUT2D eigenvalue weighted by Gasteiger charge is 2.43. The summed E-state index contributed by atoms with van der Waals surface area (Å²) in [6, 6.07) is 20.9. The van der Waals surface area contributed by atoms with Gasteiger partial charge in [-0.05, 0) is 36.8 Å². The number of hydrogen-bond donors (Lipinski definition) is 0. The van der Waals surface area contributed by atoms with Crippen LogP contribution >= 0.6 is 11.6 Å². The number of hydrogen-bond acceptors (Lipinski definition) is 5. The van der Waals surface area contributed by atoms with Gasteiger partial charge >= 0.3 is 5.97 Å². The summed E-state index contributed by atoms with van der Waals surface area (Å²) in [5.41, 5.74) is 0.847. The molecule has 0 radical (unpaired) electrons. The van der Waals surface area contributed by atoms with Crippen LogP contribution in [0.15, 0.2) is 84.4 Å². The van der Waals surface area contributed by atoms with Crippen LogP contribution in [0.5, 0.6) is 0 Å². The average Bonchev–Trinajstić information content (AvgIpc) is 2.83. The van der Waals surface area contributed by atoms with Crippen molar-refractivity contribution < 1.29 is 23.9 Å². The van der Waals surface area contributed by atoms with Gasteiger partial charge in [0.05, 0.1) is 6.61 Å². The van der Waals surface area contributed by atoms with Gasteiger partial charge in [-0.2, -0.15) is 0 Å². The van der Waals surface area contributed by atoms with E-state index >= 15 is 0 Å². The summed E-state index contributed by atoms with van der Waals surface area (Å²) >= 11 is 5.95. The molecule has 164 valence electrons. The molecular weight excluding hydrogens is 440 g/mol. The van der Waals surface area contributed by atoms with Gasteiger partial charge in [-0.25, -0.2) is 0 Å². The number of ketones is 3. The maximum atomic E-state index is 13.7. The molecule has 0 bridgehead atoms. The first-order chi connectivity index (χ1) is 15.9. The Labute approximate surface area is 195 Å². The number of esters is 1. The number of allylic oxidation sites excluding steroid dienone is 1. The Bertz CT molecular complexity index is 1290. The van der Waals surface area contributed by atoms with E-state index in [0.717, 1.165) is 0 Å². The molecule has 0 saturated carbocycles. The molecular formula is C27H19ClO5. The maximum absolute atomic E-state index is 13.7. The lowest BCUT2D eigenvalue weighted by atomic mass is 9.74. The van der Waals surface area contributed by atoms with Gasteiger partial charge < -0.3 is 4.74 Å². The fraction of sp³-hybridized carbons (Fsp3) is 0.111. The van der Waals surface area contributed by atoms with E-state index in [0.29, 0.717) is 10.6 Å². The van der Waals surface area contributed by atoms with Crippen molar-refractivity contribution in [1.82, 2.24) is 0 Å². The molecule has 1 atom stereocenters. The van der Waals surface area contributed by atoms with E-state index < -0.39 is 29.2 Å². The summed E-state index contributed by atoms with van der Waals surface area (Å²) in [5.74, 6) is -4.12. The van der Waals surface area contributed by atoms with Gasteiger partial charge in [0.2, 0.25) is 0 Å². The van der Waals surface area contributed by atoms with Crippen LogP contribution in [0, 0.1) is 5.92 Å². The third-order valence-corrected chi connectivity index (χ3v) is 5.67. The van der Waals surface area contributed by atoms with E-state index in [4.69, 9.17) is 16.3 Å². The number of rotatable bonds is 6. The molecule has 0 heterocycles. The van der Waals surface area contributed by atoms with Gasteiger partial charge in [-0.3, -0.25) is 19.2 Å². The monoisotopic (exact) mass is 458 g/mol. The number of halogens is 1. The Morgan fingerprint density at radius 1 is 0.818 bits per heavy atom. The molecule has 5 nitrogen and oxygen atoms in total. The molecule has 3 aromatic carbocycles. The lowest BCUT2D eigenvalue weighted by Gasteiger charge is -2.25. The minimum atomic E-state index is -1.61. The van der Waals surface area contributed by atoms with Crippen molar-refractivity contribution in [2.45, 2.75) is 6.92 Å². The molecule has 1 aliphatic carbocycles. The summed E-state index contributed by atoms with van der Waals surface area (Å²) in [5, 5.41) is 0.418. The van der Waals surface area contributed by atoms with Crippen molar-refractivity contribution >= 4 is 40.5 Å². The number of ether oxygens (including phenoxy) is 1. The Morgan fingerprint density at radius 3 is 2.00 bits per heavy atom. The van der Waals surface area contributed by atoms with Crippen LogP contribution < -0.4 is 0 Å². The number of Topliss-reactive ketones (excluding diaryl/α,β-unsaturated/α-hetero) is 3. The minimum Gasteiger partial charge on any atom is -0.465 e. The highest BCUT2D eigenvalue weighted by atomic mass is 35.5. The van der Waals surface area contributed by atoms with Crippen molar-refractivity contribution in [1.29, 1.82) is 0 Å². The smallest absolute Gasteiger partial charge is 0.321 e. The third kappa shape index (κ3) is 4.15. The first-order valence-electron chi connectivity index (χ1n) is 10.4. The van der Waals surface area contributed by atoms with Crippen LogP contribution in [-0.4, -0.2) is 29.9 Å². The topological polar surface area (TPSA) is 77.5 Å². The second kappa shape index (κ2) is 9.35. The molecule has 33 heavy (non-hydrogen) atoms. The summed E-state index contributed by atoms with van der Waals surface area (Å²) < 4.78 is 5.20. The lowest BCUT2D eigenvalue weighted by molar-refractivity contribution is -0.144. The van der Waals surface area contributed by atoms with Crippen molar-refractivity contribution in [2.24, 2.45) is 5.92 Å². The minimum absolute atomic E-state index is 0.00983. The first-order valence-corrected chi connectivity index (χ1v) is 10.8. The fourth-order valence-corrected chi connectivity index (χ4v) is 4.05. The largest absolute Gasteiger partial charge is 0.465 e. The van der Waals surface area contributed by atoms with Gasteiger partial charge in [0.25, 0.3) is 0 Å². The Balaban J connectivity index is 1.99. The van der Waals surface area contributed by atoms with Gasteiger partial charge in [0, 0.05) is 32.9 Å². The molecule has 0 fully saturated rings. The lowest BCUT2D eigenvalue weighted by Crippen LogP contribution is -2.35. The van der Waals surface area contributed by atoms with E-state index in [1.165, 1.54) is 30.3 Å². The quantitative estimate of drug-likeness (QED) is 0.287. The van der Waals surface area contributed by atoms with Gasteiger partial charge in [-0.1, -0.05) is 66.2 Å². The van der Waals surface area contributed by atoms with Crippen LogP contribution in [0.1, 0.15) is 43.6 Å². The zero-order valence-electron chi connectivity index (χ0n) is 17.7. The zero-order chi connectivity index (χ0) is 23.5. The highest BCUT2D eigenvalue weighted by molar-refractivity contribution is 6.42. The van der Waals surface area contributed by atoms with E-state index in [1.54, 1.807) is 55.5 Å². The maximum Gasteiger partial charge on any atom is 0.321 e. The van der Waals surface area contributed by atoms with Crippen molar-refractivity contribution in [3.63, 3.8) is 0 Å². The second-order valence-electron chi connectivity index (χ2n) is 7.41. The van der Waals surface area contributed by atoms with E-state index in [1.807, 2.05) is 0 Å². The normalized spacial score (nSPS) is 14.0. The van der Waals surface area contributed by atoms with Gasteiger partial charge in [0.15, 0.2) is 17.3 Å². The number of carbonyl (C=O) groups is 4. The van der Waals surface area contributed by atoms with Crippen LogP contribution in [0.4, 0.5) is 0 Å². The van der Waals surface area contributed by atoms with E-state index in [-0.39, 0.29) is 34.4 Å². The van der Waals surface area contributed by atoms with Crippen LogP contribution in [0.3, 0.4) is 0 Å². The number of carbonyl (C=O) groups excluding carboxylic acids is 4. The van der Waals surface area contributed by atoms with Crippen LogP contribution in [-0.2, 0) is 9.53 Å². The summed E-state index contributed by atoms with van der Waals surface area (Å²) in [6.45, 7) is 1.62. The summed E-state index contributed by atoms with van der Waals surface area (Å²) in [7, 11) is 0. The van der Waals surface area contributed by atoms with Gasteiger partial charge in [0.1, 0.15) is 5.92 Å². The Morgan fingerprint density at radius 2 is 1.39 bits per heavy atom. The van der Waals surface area contributed by atoms with Crippen molar-refractivity contribution in [2.75, 3.05) is 6.61 Å². The SMILES string of the molecule is CCOC(=O)C(C(=O)c1ccc(Cl)cc1)C1=C(c2ccccc2)C(=O)c2ccccc2C1=O. The molecule has 3 aromatic rings. The summed E-state index contributed by atoms with van der Waals surface area (Å²) in [4.78, 5) is 53.9. The molecule has 0 aromatic heterocycles. The molecule has 1 aliphatic rings. The van der Waals surface area contributed by atoms with Crippen LogP contribution in [0.2, 0.25) is 5.02 Å². The molecule has 0 spiro atoms. The van der Waals surface area contributed by atoms with Crippen molar-refractivity contribution in [3.8, 4) is 0 Å². The van der Waals surface area contributed by atoms with E-state index in [9.17, 15) is 19.2 Å². The first kappa shape index (κ1) is 22.4. The predicted molar refractivity (Wildman–Crippen MR) is 124 cm³/mol. The molecule has 0 amide bonds.